The van der Waals surface area contributed by atoms with Crippen LogP contribution in [0.5, 0.6) is 0 Å². The molecular formula is C31H24N6S. The molecule has 0 amide bonds. The van der Waals surface area contributed by atoms with Gasteiger partial charge in [0.2, 0.25) is 0 Å². The van der Waals surface area contributed by atoms with Crippen LogP contribution in [0.4, 0.5) is 0 Å². The summed E-state index contributed by atoms with van der Waals surface area (Å²) >= 11 is 1.82. The summed E-state index contributed by atoms with van der Waals surface area (Å²) in [5, 5.41) is 4.74. The summed E-state index contributed by atoms with van der Waals surface area (Å²) in [5.74, 6) is 2.30. The standard InChI is InChI=1S/C31H24N6S/c1-4-24-34-22-10-9-20-18-7-5-17(14-23(18)38-30(20)27(22)35-24)16-6-8-19-21(13-16)25-28(33-12-11-32-25)29-26(19)36-31(37-29)15(2)3/h5-15H,4H2,1-3H3,(H,34,35)(H,36,37). The molecule has 0 aliphatic rings. The van der Waals surface area contributed by atoms with Crippen molar-refractivity contribution in [2.75, 3.05) is 0 Å². The molecule has 4 heterocycles. The number of aryl methyl sites for hydroxylation is 1. The summed E-state index contributed by atoms with van der Waals surface area (Å²) in [6.45, 7) is 6.43. The smallest absolute Gasteiger partial charge is 0.117 e. The number of H-pyrrole nitrogens is 2. The number of fused-ring (bicyclic) bond motifs is 11. The predicted octanol–water partition coefficient (Wildman–Crippen LogP) is 8.26. The molecule has 8 aromatic rings. The first kappa shape index (κ1) is 21.7. The number of aromatic amines is 2. The van der Waals surface area contributed by atoms with Gasteiger partial charge in [-0.3, -0.25) is 9.97 Å². The summed E-state index contributed by atoms with van der Waals surface area (Å²) in [7, 11) is 0. The lowest BCUT2D eigenvalue weighted by molar-refractivity contribution is 0.799. The third-order valence-corrected chi connectivity index (χ3v) is 8.72. The maximum absolute atomic E-state index is 4.89. The highest BCUT2D eigenvalue weighted by Gasteiger charge is 2.17. The second-order valence-electron chi connectivity index (χ2n) is 10.2. The molecule has 0 bridgehead atoms. The minimum Gasteiger partial charge on any atom is -0.342 e. The van der Waals surface area contributed by atoms with Crippen LogP contribution in [0, 0.1) is 0 Å². The monoisotopic (exact) mass is 512 g/mol. The average Bonchev–Trinajstić information content (AvgIpc) is 3.67. The first-order chi connectivity index (χ1) is 18.6. The van der Waals surface area contributed by atoms with Crippen molar-refractivity contribution in [3.05, 3.63) is 72.6 Å². The Bertz CT molecular complexity index is 2220. The Hall–Kier alpha value is -4.36. The Morgan fingerprint density at radius 1 is 0.737 bits per heavy atom. The Morgan fingerprint density at radius 2 is 1.50 bits per heavy atom. The second kappa shape index (κ2) is 7.82. The van der Waals surface area contributed by atoms with Crippen LogP contribution >= 0.6 is 11.3 Å². The van der Waals surface area contributed by atoms with Crippen LogP contribution in [-0.4, -0.2) is 29.9 Å². The van der Waals surface area contributed by atoms with E-state index in [4.69, 9.17) is 15.0 Å². The van der Waals surface area contributed by atoms with Crippen molar-refractivity contribution in [1.29, 1.82) is 0 Å². The van der Waals surface area contributed by atoms with E-state index in [0.717, 1.165) is 67.5 Å². The number of hydrogen-bond acceptors (Lipinski definition) is 5. The molecule has 0 aliphatic heterocycles. The lowest BCUT2D eigenvalue weighted by Crippen LogP contribution is -1.89. The van der Waals surface area contributed by atoms with E-state index in [9.17, 15) is 0 Å². The minimum atomic E-state index is 0.299. The van der Waals surface area contributed by atoms with Crippen LogP contribution in [-0.2, 0) is 6.42 Å². The van der Waals surface area contributed by atoms with E-state index in [1.807, 2.05) is 11.3 Å². The number of imidazole rings is 2. The molecule has 38 heavy (non-hydrogen) atoms. The lowest BCUT2D eigenvalue weighted by atomic mass is 9.98. The van der Waals surface area contributed by atoms with E-state index in [1.165, 1.54) is 25.7 Å². The van der Waals surface area contributed by atoms with Crippen molar-refractivity contribution in [3.8, 4) is 11.1 Å². The van der Waals surface area contributed by atoms with E-state index in [0.29, 0.717) is 5.92 Å². The van der Waals surface area contributed by atoms with Crippen molar-refractivity contribution in [2.24, 2.45) is 0 Å². The fourth-order valence-corrected chi connectivity index (χ4v) is 6.81. The molecule has 4 aromatic carbocycles. The van der Waals surface area contributed by atoms with Gasteiger partial charge in [0.1, 0.15) is 28.2 Å². The first-order valence-corrected chi connectivity index (χ1v) is 13.8. The number of rotatable bonds is 3. The zero-order chi connectivity index (χ0) is 25.5. The van der Waals surface area contributed by atoms with Gasteiger partial charge >= 0.3 is 0 Å². The Kier molecular flexibility index (Phi) is 4.47. The number of aromatic nitrogens is 6. The van der Waals surface area contributed by atoms with Gasteiger partial charge < -0.3 is 9.97 Å². The van der Waals surface area contributed by atoms with Crippen LogP contribution in [0.1, 0.15) is 38.3 Å². The number of nitrogens with one attached hydrogen (secondary N) is 2. The van der Waals surface area contributed by atoms with E-state index in [-0.39, 0.29) is 0 Å². The SMILES string of the molecule is CCc1nc2c(ccc3c4ccc(-c5ccc6c(c5)c5nccnc5c5nc(C(C)C)[nH]c65)cc4sc32)[nH]1. The molecule has 0 fully saturated rings. The number of hydrogen-bond donors (Lipinski definition) is 2. The largest absolute Gasteiger partial charge is 0.342 e. The highest BCUT2D eigenvalue weighted by molar-refractivity contribution is 7.26. The molecule has 184 valence electrons. The molecule has 0 atom stereocenters. The van der Waals surface area contributed by atoms with Crippen LogP contribution < -0.4 is 0 Å². The number of nitrogens with zero attached hydrogens (tertiary/aromatic N) is 4. The lowest BCUT2D eigenvalue weighted by Gasteiger charge is -2.08. The molecule has 0 unspecified atom stereocenters. The zero-order valence-corrected chi connectivity index (χ0v) is 22.1. The van der Waals surface area contributed by atoms with Gasteiger partial charge in [-0.2, -0.15) is 0 Å². The van der Waals surface area contributed by atoms with Crippen LogP contribution in [0.15, 0.2) is 60.9 Å². The quantitative estimate of drug-likeness (QED) is 0.233. The first-order valence-electron chi connectivity index (χ1n) is 13.0. The summed E-state index contributed by atoms with van der Waals surface area (Å²) in [6.07, 6.45) is 4.41. The highest BCUT2D eigenvalue weighted by atomic mass is 32.1. The Labute approximate surface area is 221 Å². The Morgan fingerprint density at radius 3 is 2.32 bits per heavy atom. The van der Waals surface area contributed by atoms with Crippen molar-refractivity contribution < 1.29 is 0 Å². The molecule has 0 spiro atoms. The topological polar surface area (TPSA) is 83.1 Å². The summed E-state index contributed by atoms with van der Waals surface area (Å²) in [5.41, 5.74) is 8.15. The maximum Gasteiger partial charge on any atom is 0.117 e. The van der Waals surface area contributed by atoms with Gasteiger partial charge in [0.15, 0.2) is 0 Å². The van der Waals surface area contributed by atoms with Gasteiger partial charge in [-0.05, 0) is 29.3 Å². The highest BCUT2D eigenvalue weighted by Crippen LogP contribution is 2.40. The molecule has 6 nitrogen and oxygen atoms in total. The summed E-state index contributed by atoms with van der Waals surface area (Å²) in [6, 6.07) is 17.8. The van der Waals surface area contributed by atoms with Crippen LogP contribution in [0.25, 0.3) is 75.2 Å². The number of thiophene rings is 1. The predicted molar refractivity (Wildman–Crippen MR) is 158 cm³/mol. The van der Waals surface area contributed by atoms with E-state index < -0.39 is 0 Å². The fourth-order valence-electron chi connectivity index (χ4n) is 5.58. The van der Waals surface area contributed by atoms with Gasteiger partial charge in [-0.15, -0.1) is 11.3 Å². The van der Waals surface area contributed by atoms with Crippen molar-refractivity contribution in [1.82, 2.24) is 29.9 Å². The molecule has 0 radical (unpaired) electrons. The van der Waals surface area contributed by atoms with Gasteiger partial charge in [-0.1, -0.05) is 51.1 Å². The van der Waals surface area contributed by atoms with Crippen molar-refractivity contribution in [3.63, 3.8) is 0 Å². The van der Waals surface area contributed by atoms with Gasteiger partial charge in [0.25, 0.3) is 0 Å². The zero-order valence-electron chi connectivity index (χ0n) is 21.3. The molecule has 0 saturated heterocycles. The molecule has 4 aromatic heterocycles. The average molecular weight is 513 g/mol. The van der Waals surface area contributed by atoms with E-state index in [1.54, 1.807) is 12.4 Å². The molecule has 0 aliphatic carbocycles. The van der Waals surface area contributed by atoms with Crippen molar-refractivity contribution >= 4 is 75.4 Å². The molecule has 7 heteroatoms. The third-order valence-electron chi connectivity index (χ3n) is 7.54. The van der Waals surface area contributed by atoms with E-state index in [2.05, 4.69) is 84.3 Å². The Balaban J connectivity index is 1.35. The fraction of sp³-hybridized carbons (Fsp3) is 0.161. The molecule has 8 rings (SSSR count). The molecular weight excluding hydrogens is 488 g/mol. The van der Waals surface area contributed by atoms with Gasteiger partial charge in [0, 0.05) is 51.0 Å². The van der Waals surface area contributed by atoms with E-state index >= 15 is 0 Å². The van der Waals surface area contributed by atoms with Crippen LogP contribution in [0.2, 0.25) is 0 Å². The van der Waals surface area contributed by atoms with Gasteiger partial charge in [-0.25, -0.2) is 9.97 Å². The minimum absolute atomic E-state index is 0.299. The molecule has 0 saturated carbocycles. The third kappa shape index (κ3) is 2.99. The summed E-state index contributed by atoms with van der Waals surface area (Å²) < 4.78 is 2.51. The number of benzene rings is 4. The molecule has 2 N–H and O–H groups in total. The summed E-state index contributed by atoms with van der Waals surface area (Å²) in [4.78, 5) is 26.2. The van der Waals surface area contributed by atoms with Gasteiger partial charge in [0.05, 0.1) is 21.3 Å². The maximum atomic E-state index is 4.89. The van der Waals surface area contributed by atoms with Crippen LogP contribution in [0.3, 0.4) is 0 Å². The second-order valence-corrected chi connectivity index (χ2v) is 11.3. The normalized spacial score (nSPS) is 12.4. The van der Waals surface area contributed by atoms with Crippen molar-refractivity contribution in [2.45, 2.75) is 33.1 Å².